The summed E-state index contributed by atoms with van der Waals surface area (Å²) >= 11 is 0. The Morgan fingerprint density at radius 2 is 1.14 bits per heavy atom. The van der Waals surface area contributed by atoms with Crippen molar-refractivity contribution in [2.75, 3.05) is 0 Å². The first-order chi connectivity index (χ1) is 13.4. The standard InChI is InChI=1S/C21H41N3O4/c1-4-7-10-13-16(22)19(25)23-17(14-11-8-5-2)20(26)24-18(21(27)28)15-12-9-6-3/h16-18H,4-15,22H2,1-3H3,(H,23,25)(H,24,26)(H,27,28). The Bertz CT molecular complexity index is 457. The maximum Gasteiger partial charge on any atom is 0.326 e. The first-order valence-corrected chi connectivity index (χ1v) is 11.0. The Balaban J connectivity index is 4.86. The summed E-state index contributed by atoms with van der Waals surface area (Å²) in [5.74, 6) is -1.82. The number of unbranched alkanes of at least 4 members (excludes halogenated alkanes) is 6. The predicted octanol–water partition coefficient (Wildman–Crippen LogP) is 3.11. The van der Waals surface area contributed by atoms with Gasteiger partial charge in [-0.05, 0) is 19.3 Å². The average molecular weight is 400 g/mol. The van der Waals surface area contributed by atoms with Gasteiger partial charge in [0.15, 0.2) is 0 Å². The molecule has 0 rings (SSSR count). The molecule has 0 saturated heterocycles. The number of carbonyl (C=O) groups excluding carboxylic acids is 2. The molecular formula is C21H41N3O4. The minimum absolute atomic E-state index is 0.342. The summed E-state index contributed by atoms with van der Waals surface area (Å²) in [5, 5.41) is 14.7. The zero-order chi connectivity index (χ0) is 21.4. The molecule has 3 atom stereocenters. The van der Waals surface area contributed by atoms with Crippen LogP contribution in [0.4, 0.5) is 0 Å². The van der Waals surface area contributed by atoms with Crippen LogP contribution in [0.25, 0.3) is 0 Å². The van der Waals surface area contributed by atoms with E-state index in [0.717, 1.165) is 57.8 Å². The van der Waals surface area contributed by atoms with Crippen molar-refractivity contribution in [3.63, 3.8) is 0 Å². The lowest BCUT2D eigenvalue weighted by Gasteiger charge is -2.23. The van der Waals surface area contributed by atoms with Gasteiger partial charge in [0.1, 0.15) is 12.1 Å². The number of nitrogens with one attached hydrogen (secondary N) is 2. The number of aliphatic carboxylic acids is 1. The molecule has 3 unspecified atom stereocenters. The van der Waals surface area contributed by atoms with Gasteiger partial charge in [0.05, 0.1) is 6.04 Å². The molecule has 0 spiro atoms. The van der Waals surface area contributed by atoms with Crippen LogP contribution in [0.3, 0.4) is 0 Å². The second kappa shape index (κ2) is 16.3. The van der Waals surface area contributed by atoms with Crippen LogP contribution in [0.5, 0.6) is 0 Å². The Morgan fingerprint density at radius 3 is 1.61 bits per heavy atom. The van der Waals surface area contributed by atoms with Crippen LogP contribution in [-0.2, 0) is 14.4 Å². The van der Waals surface area contributed by atoms with Crippen LogP contribution in [0.1, 0.15) is 97.8 Å². The molecule has 0 aromatic rings. The Kier molecular flexibility index (Phi) is 15.4. The molecule has 0 aromatic heterocycles. The third-order valence-electron chi connectivity index (χ3n) is 4.90. The van der Waals surface area contributed by atoms with E-state index in [4.69, 9.17) is 5.73 Å². The number of amides is 2. The van der Waals surface area contributed by atoms with Gasteiger partial charge in [0.25, 0.3) is 0 Å². The lowest BCUT2D eigenvalue weighted by molar-refractivity contribution is -0.142. The predicted molar refractivity (Wildman–Crippen MR) is 112 cm³/mol. The van der Waals surface area contributed by atoms with Crippen molar-refractivity contribution in [2.45, 2.75) is 116 Å². The quantitative estimate of drug-likeness (QED) is 0.280. The summed E-state index contributed by atoms with van der Waals surface area (Å²) in [6, 6.07) is -2.32. The van der Waals surface area contributed by atoms with Gasteiger partial charge < -0.3 is 21.5 Å². The van der Waals surface area contributed by atoms with Crippen LogP contribution >= 0.6 is 0 Å². The molecule has 0 aliphatic carbocycles. The van der Waals surface area contributed by atoms with E-state index in [-0.39, 0.29) is 5.91 Å². The topological polar surface area (TPSA) is 122 Å². The van der Waals surface area contributed by atoms with Gasteiger partial charge in [-0.2, -0.15) is 0 Å². The fourth-order valence-electron chi connectivity index (χ4n) is 3.02. The summed E-state index contributed by atoms with van der Waals surface area (Å²) in [7, 11) is 0. The lowest BCUT2D eigenvalue weighted by Crippen LogP contribution is -2.54. The third-order valence-corrected chi connectivity index (χ3v) is 4.90. The Labute approximate surface area is 170 Å². The fourth-order valence-corrected chi connectivity index (χ4v) is 3.02. The molecule has 0 saturated carbocycles. The van der Waals surface area contributed by atoms with Crippen molar-refractivity contribution < 1.29 is 19.5 Å². The van der Waals surface area contributed by atoms with Gasteiger partial charge in [0, 0.05) is 0 Å². The Hall–Kier alpha value is -1.63. The molecule has 5 N–H and O–H groups in total. The third kappa shape index (κ3) is 12.0. The number of carbonyl (C=O) groups is 3. The first kappa shape index (κ1) is 26.4. The second-order valence-electron chi connectivity index (χ2n) is 7.55. The van der Waals surface area contributed by atoms with E-state index >= 15 is 0 Å². The van der Waals surface area contributed by atoms with E-state index in [2.05, 4.69) is 24.5 Å². The molecule has 0 heterocycles. The zero-order valence-corrected chi connectivity index (χ0v) is 18.0. The summed E-state index contributed by atoms with van der Waals surface area (Å²) in [6.45, 7) is 6.18. The maximum atomic E-state index is 12.7. The normalized spacial score (nSPS) is 14.1. The van der Waals surface area contributed by atoms with Crippen molar-refractivity contribution in [2.24, 2.45) is 5.73 Å². The van der Waals surface area contributed by atoms with E-state index in [1.165, 1.54) is 0 Å². The number of rotatable bonds is 17. The molecule has 0 radical (unpaired) electrons. The minimum atomic E-state index is -1.04. The largest absolute Gasteiger partial charge is 0.480 e. The number of hydrogen-bond acceptors (Lipinski definition) is 4. The van der Waals surface area contributed by atoms with Crippen LogP contribution in [-0.4, -0.2) is 41.0 Å². The highest BCUT2D eigenvalue weighted by atomic mass is 16.4. The molecule has 0 fully saturated rings. The van der Waals surface area contributed by atoms with Gasteiger partial charge in [-0.3, -0.25) is 9.59 Å². The van der Waals surface area contributed by atoms with E-state index in [0.29, 0.717) is 19.3 Å². The lowest BCUT2D eigenvalue weighted by atomic mass is 10.0. The van der Waals surface area contributed by atoms with Crippen molar-refractivity contribution in [3.05, 3.63) is 0 Å². The molecule has 0 bridgehead atoms. The maximum absolute atomic E-state index is 12.7. The number of carboxylic acids is 1. The molecular weight excluding hydrogens is 358 g/mol. The zero-order valence-electron chi connectivity index (χ0n) is 18.0. The highest BCUT2D eigenvalue weighted by Gasteiger charge is 2.27. The van der Waals surface area contributed by atoms with Crippen LogP contribution in [0.2, 0.25) is 0 Å². The van der Waals surface area contributed by atoms with Crippen molar-refractivity contribution in [3.8, 4) is 0 Å². The molecule has 0 aliphatic heterocycles. The molecule has 164 valence electrons. The van der Waals surface area contributed by atoms with Crippen LogP contribution < -0.4 is 16.4 Å². The Morgan fingerprint density at radius 1 is 0.714 bits per heavy atom. The van der Waals surface area contributed by atoms with Crippen molar-refractivity contribution in [1.29, 1.82) is 0 Å². The smallest absolute Gasteiger partial charge is 0.326 e. The van der Waals surface area contributed by atoms with E-state index in [9.17, 15) is 19.5 Å². The summed E-state index contributed by atoms with van der Waals surface area (Å²) in [6.07, 6.45) is 9.74. The molecule has 28 heavy (non-hydrogen) atoms. The number of nitrogens with two attached hydrogens (primary N) is 1. The highest BCUT2D eigenvalue weighted by Crippen LogP contribution is 2.09. The van der Waals surface area contributed by atoms with Crippen molar-refractivity contribution in [1.82, 2.24) is 10.6 Å². The molecule has 7 nitrogen and oxygen atoms in total. The van der Waals surface area contributed by atoms with E-state index in [1.807, 2.05) is 6.92 Å². The summed E-state index contributed by atoms with van der Waals surface area (Å²) < 4.78 is 0. The fraction of sp³-hybridized carbons (Fsp3) is 0.857. The van der Waals surface area contributed by atoms with Gasteiger partial charge >= 0.3 is 5.97 Å². The molecule has 0 aliphatic rings. The van der Waals surface area contributed by atoms with Crippen molar-refractivity contribution >= 4 is 17.8 Å². The van der Waals surface area contributed by atoms with Gasteiger partial charge in [-0.15, -0.1) is 0 Å². The summed E-state index contributed by atoms with van der Waals surface area (Å²) in [4.78, 5) is 36.5. The second-order valence-corrected chi connectivity index (χ2v) is 7.55. The minimum Gasteiger partial charge on any atom is -0.480 e. The highest BCUT2D eigenvalue weighted by molar-refractivity contribution is 5.91. The van der Waals surface area contributed by atoms with Crippen LogP contribution in [0.15, 0.2) is 0 Å². The summed E-state index contributed by atoms with van der Waals surface area (Å²) in [5.41, 5.74) is 5.95. The monoisotopic (exact) mass is 399 g/mol. The van der Waals surface area contributed by atoms with Crippen LogP contribution in [0, 0.1) is 0 Å². The number of carboxylic acid groups (broad SMARTS) is 1. The first-order valence-electron chi connectivity index (χ1n) is 11.0. The van der Waals surface area contributed by atoms with Gasteiger partial charge in [-0.1, -0.05) is 78.6 Å². The van der Waals surface area contributed by atoms with Gasteiger partial charge in [-0.25, -0.2) is 4.79 Å². The van der Waals surface area contributed by atoms with E-state index in [1.54, 1.807) is 0 Å². The molecule has 2 amide bonds. The number of hydrogen-bond donors (Lipinski definition) is 4. The van der Waals surface area contributed by atoms with E-state index < -0.39 is 30.0 Å². The molecule has 7 heteroatoms. The average Bonchev–Trinajstić information content (AvgIpc) is 2.66. The van der Waals surface area contributed by atoms with Gasteiger partial charge in [0.2, 0.25) is 11.8 Å². The molecule has 0 aromatic carbocycles. The SMILES string of the molecule is CCCCCC(N)C(=O)NC(CCCCC)C(=O)NC(CCCCC)C(=O)O.